The largest absolute Gasteiger partial charge is 0.368 e. The number of nitriles is 1. The Labute approximate surface area is 87.1 Å². The molecule has 0 aliphatic rings. The fourth-order valence-electron chi connectivity index (χ4n) is 0.941. The van der Waals surface area contributed by atoms with Gasteiger partial charge in [-0.1, -0.05) is 0 Å². The molecule has 2 amide bonds. The van der Waals surface area contributed by atoms with E-state index in [2.05, 4.69) is 15.6 Å². The Morgan fingerprint density at radius 2 is 2.33 bits per heavy atom. The van der Waals surface area contributed by atoms with E-state index in [1.807, 2.05) is 6.07 Å². The number of nitrogens with zero attached hydrogens (tertiary/aromatic N) is 2. The number of rotatable bonds is 4. The van der Waals surface area contributed by atoms with Crippen molar-refractivity contribution in [3.63, 3.8) is 0 Å². The molecule has 0 aliphatic carbocycles. The molecule has 0 saturated carbocycles. The molecule has 0 bridgehead atoms. The zero-order valence-electron chi connectivity index (χ0n) is 8.03. The predicted molar refractivity (Wildman–Crippen MR) is 55.0 cm³/mol. The predicted octanol–water partition coefficient (Wildman–Crippen LogP) is 0.0335. The maximum Gasteiger partial charge on any atom is 0.312 e. The van der Waals surface area contributed by atoms with Gasteiger partial charge in [-0.3, -0.25) is 0 Å². The van der Waals surface area contributed by atoms with E-state index in [9.17, 15) is 4.79 Å². The van der Waals surface area contributed by atoms with E-state index < -0.39 is 6.03 Å². The summed E-state index contributed by atoms with van der Waals surface area (Å²) >= 11 is 0. The number of pyridine rings is 1. The van der Waals surface area contributed by atoms with Crippen molar-refractivity contribution in [2.45, 2.75) is 0 Å². The van der Waals surface area contributed by atoms with Gasteiger partial charge in [-0.15, -0.1) is 0 Å². The molecule has 1 aromatic rings. The average Bonchev–Trinajstić information content (AvgIpc) is 2.25. The van der Waals surface area contributed by atoms with Crippen molar-refractivity contribution in [2.75, 3.05) is 18.4 Å². The summed E-state index contributed by atoms with van der Waals surface area (Å²) < 4.78 is 0. The van der Waals surface area contributed by atoms with Gasteiger partial charge < -0.3 is 16.4 Å². The Kier molecular flexibility index (Phi) is 3.91. The van der Waals surface area contributed by atoms with Crippen LogP contribution in [0.1, 0.15) is 5.56 Å². The number of amides is 2. The number of hydrogen-bond donors (Lipinski definition) is 3. The number of nitrogens with one attached hydrogen (secondary N) is 2. The molecular formula is C9H11N5O. The summed E-state index contributed by atoms with van der Waals surface area (Å²) in [6.45, 7) is 0.957. The monoisotopic (exact) mass is 205 g/mol. The van der Waals surface area contributed by atoms with Crippen molar-refractivity contribution >= 4 is 11.8 Å². The van der Waals surface area contributed by atoms with Crippen molar-refractivity contribution in [3.8, 4) is 6.07 Å². The number of anilines is 1. The van der Waals surface area contributed by atoms with E-state index in [1.165, 1.54) is 6.20 Å². The molecule has 0 saturated heterocycles. The van der Waals surface area contributed by atoms with Crippen LogP contribution in [-0.4, -0.2) is 24.1 Å². The van der Waals surface area contributed by atoms with Gasteiger partial charge in [0.15, 0.2) is 0 Å². The van der Waals surface area contributed by atoms with Crippen LogP contribution in [-0.2, 0) is 0 Å². The van der Waals surface area contributed by atoms with Crippen molar-refractivity contribution in [3.05, 3.63) is 23.9 Å². The first-order valence-electron chi connectivity index (χ1n) is 4.35. The van der Waals surface area contributed by atoms with Crippen LogP contribution in [0.4, 0.5) is 10.6 Å². The molecule has 0 atom stereocenters. The van der Waals surface area contributed by atoms with Crippen LogP contribution in [0.15, 0.2) is 18.3 Å². The van der Waals surface area contributed by atoms with Gasteiger partial charge in [-0.2, -0.15) is 5.26 Å². The van der Waals surface area contributed by atoms with Crippen LogP contribution < -0.4 is 16.4 Å². The summed E-state index contributed by atoms with van der Waals surface area (Å²) in [4.78, 5) is 14.3. The van der Waals surface area contributed by atoms with E-state index in [1.54, 1.807) is 12.1 Å². The zero-order chi connectivity index (χ0) is 11.1. The van der Waals surface area contributed by atoms with Gasteiger partial charge in [0.25, 0.3) is 0 Å². The second-order valence-electron chi connectivity index (χ2n) is 2.76. The van der Waals surface area contributed by atoms with Gasteiger partial charge in [-0.05, 0) is 12.1 Å². The van der Waals surface area contributed by atoms with Crippen molar-refractivity contribution in [1.82, 2.24) is 10.3 Å². The van der Waals surface area contributed by atoms with Gasteiger partial charge in [0.1, 0.15) is 11.9 Å². The standard InChI is InChI=1S/C9H11N5O/c10-5-7-1-2-8(14-6-7)12-3-4-13-9(11)15/h1-2,6H,3-4H2,(H,12,14)(H3,11,13,15). The van der Waals surface area contributed by atoms with E-state index in [-0.39, 0.29) is 0 Å². The number of nitrogens with two attached hydrogens (primary N) is 1. The third kappa shape index (κ3) is 3.95. The molecule has 0 aliphatic heterocycles. The Morgan fingerprint density at radius 1 is 1.53 bits per heavy atom. The van der Waals surface area contributed by atoms with Gasteiger partial charge >= 0.3 is 6.03 Å². The second-order valence-corrected chi connectivity index (χ2v) is 2.76. The van der Waals surface area contributed by atoms with Crippen LogP contribution >= 0.6 is 0 Å². The first-order chi connectivity index (χ1) is 7.22. The number of primary amides is 1. The summed E-state index contributed by atoms with van der Waals surface area (Å²) in [5, 5.41) is 13.9. The Morgan fingerprint density at radius 3 is 2.87 bits per heavy atom. The lowest BCUT2D eigenvalue weighted by molar-refractivity contribution is 0.249. The Hall–Kier alpha value is -2.29. The number of carbonyl (C=O) groups excluding carboxylic acids is 1. The summed E-state index contributed by atoms with van der Waals surface area (Å²) in [6, 6.07) is 4.78. The number of hydrogen-bond acceptors (Lipinski definition) is 4. The minimum Gasteiger partial charge on any atom is -0.368 e. The highest BCUT2D eigenvalue weighted by atomic mass is 16.2. The Balaban J connectivity index is 2.32. The van der Waals surface area contributed by atoms with Crippen LogP contribution in [0.2, 0.25) is 0 Å². The lowest BCUT2D eigenvalue weighted by Gasteiger charge is -2.05. The average molecular weight is 205 g/mol. The highest BCUT2D eigenvalue weighted by Crippen LogP contribution is 2.02. The summed E-state index contributed by atoms with van der Waals surface area (Å²) in [5.74, 6) is 0.653. The van der Waals surface area contributed by atoms with Crippen molar-refractivity contribution < 1.29 is 4.79 Å². The number of aromatic nitrogens is 1. The number of urea groups is 1. The summed E-state index contributed by atoms with van der Waals surface area (Å²) in [5.41, 5.74) is 5.39. The van der Waals surface area contributed by atoms with Gasteiger partial charge in [0.2, 0.25) is 0 Å². The molecule has 6 heteroatoms. The normalized spacial score (nSPS) is 9.00. The maximum absolute atomic E-state index is 10.3. The van der Waals surface area contributed by atoms with E-state index >= 15 is 0 Å². The molecule has 0 unspecified atom stereocenters. The van der Waals surface area contributed by atoms with Gasteiger partial charge in [0, 0.05) is 19.3 Å². The molecule has 1 rings (SSSR count). The number of carbonyl (C=O) groups is 1. The second kappa shape index (κ2) is 5.44. The fraction of sp³-hybridized carbons (Fsp3) is 0.222. The van der Waals surface area contributed by atoms with Crippen LogP contribution in [0.5, 0.6) is 0 Å². The highest BCUT2D eigenvalue weighted by molar-refractivity contribution is 5.71. The molecule has 6 nitrogen and oxygen atoms in total. The third-order valence-electron chi connectivity index (χ3n) is 1.62. The molecule has 78 valence electrons. The first-order valence-corrected chi connectivity index (χ1v) is 4.35. The van der Waals surface area contributed by atoms with Gasteiger partial charge in [-0.25, -0.2) is 9.78 Å². The van der Waals surface area contributed by atoms with E-state index in [4.69, 9.17) is 11.0 Å². The summed E-state index contributed by atoms with van der Waals surface area (Å²) in [7, 11) is 0. The minimum atomic E-state index is -0.551. The van der Waals surface area contributed by atoms with Crippen LogP contribution in [0.25, 0.3) is 0 Å². The van der Waals surface area contributed by atoms with Crippen LogP contribution in [0.3, 0.4) is 0 Å². The highest BCUT2D eigenvalue weighted by Gasteiger charge is 1.94. The minimum absolute atomic E-state index is 0.428. The molecule has 0 spiro atoms. The van der Waals surface area contributed by atoms with Crippen molar-refractivity contribution in [2.24, 2.45) is 5.73 Å². The Bertz CT molecular complexity index is 367. The van der Waals surface area contributed by atoms with E-state index in [0.29, 0.717) is 24.5 Å². The van der Waals surface area contributed by atoms with E-state index in [0.717, 1.165) is 0 Å². The third-order valence-corrected chi connectivity index (χ3v) is 1.62. The lowest BCUT2D eigenvalue weighted by atomic mass is 10.3. The first kappa shape index (κ1) is 10.8. The lowest BCUT2D eigenvalue weighted by Crippen LogP contribution is -2.33. The maximum atomic E-state index is 10.3. The van der Waals surface area contributed by atoms with Crippen LogP contribution in [0, 0.1) is 11.3 Å². The molecule has 15 heavy (non-hydrogen) atoms. The van der Waals surface area contributed by atoms with Gasteiger partial charge in [0.05, 0.1) is 5.56 Å². The quantitative estimate of drug-likeness (QED) is 0.603. The fourth-order valence-corrected chi connectivity index (χ4v) is 0.941. The smallest absolute Gasteiger partial charge is 0.312 e. The molecule has 4 N–H and O–H groups in total. The molecule has 0 aromatic carbocycles. The molecule has 1 aromatic heterocycles. The SMILES string of the molecule is N#Cc1ccc(NCCNC(N)=O)nc1. The molecular weight excluding hydrogens is 194 g/mol. The molecule has 1 heterocycles. The summed E-state index contributed by atoms with van der Waals surface area (Å²) in [6.07, 6.45) is 1.48. The molecule has 0 fully saturated rings. The van der Waals surface area contributed by atoms with Crippen molar-refractivity contribution in [1.29, 1.82) is 5.26 Å². The zero-order valence-corrected chi connectivity index (χ0v) is 8.03. The topological polar surface area (TPSA) is 104 Å². The molecule has 0 radical (unpaired) electrons.